The first kappa shape index (κ1) is 11.3. The van der Waals surface area contributed by atoms with Gasteiger partial charge in [0.2, 0.25) is 0 Å². The van der Waals surface area contributed by atoms with Crippen molar-refractivity contribution < 1.29 is 0 Å². The zero-order valence-electron chi connectivity index (χ0n) is 7.97. The Labute approximate surface area is 94.0 Å². The van der Waals surface area contributed by atoms with E-state index in [0.29, 0.717) is 0 Å². The van der Waals surface area contributed by atoms with Crippen molar-refractivity contribution in [3.63, 3.8) is 0 Å². The lowest BCUT2D eigenvalue weighted by molar-refractivity contribution is 1.48. The molecule has 0 unspecified atom stereocenters. The van der Waals surface area contributed by atoms with Crippen molar-refractivity contribution in [2.75, 3.05) is 7.05 Å². The van der Waals surface area contributed by atoms with Crippen molar-refractivity contribution in [2.24, 2.45) is 5.73 Å². The van der Waals surface area contributed by atoms with Crippen molar-refractivity contribution in [3.05, 3.63) is 41.8 Å². The van der Waals surface area contributed by atoms with Crippen molar-refractivity contribution in [2.45, 2.75) is 4.21 Å². The van der Waals surface area contributed by atoms with Crippen molar-refractivity contribution in [1.29, 1.82) is 0 Å². The minimum absolute atomic E-state index is 1.06. The molecular weight excluding hydrogens is 210 g/mol. The second-order valence-corrected chi connectivity index (χ2v) is 4.24. The fourth-order valence-electron chi connectivity index (χ4n) is 1.11. The number of nitrogens with two attached hydrogens (primary N) is 1. The number of thiol groups is 1. The van der Waals surface area contributed by atoms with Gasteiger partial charge in [0.1, 0.15) is 0 Å². The van der Waals surface area contributed by atoms with Crippen LogP contribution in [0.15, 0.2) is 46.0 Å². The molecule has 2 aromatic rings. The first-order chi connectivity index (χ1) is 6.86. The summed E-state index contributed by atoms with van der Waals surface area (Å²) in [6.45, 7) is 0. The van der Waals surface area contributed by atoms with Gasteiger partial charge in [0.15, 0.2) is 0 Å². The Balaban J connectivity index is 0.000000461. The fraction of sp³-hybridized carbons (Fsp3) is 0.0909. The molecule has 0 atom stereocenters. The maximum absolute atomic E-state index is 4.50. The van der Waals surface area contributed by atoms with Crippen molar-refractivity contribution in [3.8, 4) is 11.1 Å². The number of benzene rings is 1. The topological polar surface area (TPSA) is 26.0 Å². The molecule has 2 N–H and O–H groups in total. The molecule has 2 rings (SSSR count). The highest BCUT2D eigenvalue weighted by Gasteiger charge is 1.97. The average molecular weight is 223 g/mol. The van der Waals surface area contributed by atoms with Gasteiger partial charge in [0, 0.05) is 0 Å². The Kier molecular flexibility index (Phi) is 4.73. The third kappa shape index (κ3) is 2.87. The Morgan fingerprint density at radius 2 is 1.71 bits per heavy atom. The molecule has 1 nitrogen and oxygen atoms in total. The quantitative estimate of drug-likeness (QED) is 0.713. The van der Waals surface area contributed by atoms with E-state index in [4.69, 9.17) is 0 Å². The lowest BCUT2D eigenvalue weighted by Crippen LogP contribution is -1.69. The molecule has 0 aliphatic carbocycles. The molecule has 0 saturated heterocycles. The third-order valence-electron chi connectivity index (χ3n) is 1.69. The SMILES string of the molecule is CN.Sc1cc(-c2ccccc2)cs1. The molecule has 0 saturated carbocycles. The van der Waals surface area contributed by atoms with Gasteiger partial charge in [0.05, 0.1) is 4.21 Å². The van der Waals surface area contributed by atoms with Crippen LogP contribution in [-0.2, 0) is 0 Å². The standard InChI is InChI=1S/C10H8S2.CH5N/c11-10-6-9(7-12-10)8-4-2-1-3-5-8;1-2/h1-7,11H;2H2,1H3. The maximum Gasteiger partial charge on any atom is 0.0574 e. The normalized spacial score (nSPS) is 9.07. The third-order valence-corrected chi connectivity index (χ3v) is 2.87. The van der Waals surface area contributed by atoms with Crippen LogP contribution in [0.3, 0.4) is 0 Å². The molecule has 0 aliphatic heterocycles. The summed E-state index contributed by atoms with van der Waals surface area (Å²) in [7, 11) is 1.50. The average Bonchev–Trinajstić information content (AvgIpc) is 2.69. The summed E-state index contributed by atoms with van der Waals surface area (Å²) in [5.41, 5.74) is 7.01. The van der Waals surface area contributed by atoms with Crippen LogP contribution in [0.25, 0.3) is 11.1 Å². The second kappa shape index (κ2) is 5.86. The van der Waals surface area contributed by atoms with Crippen molar-refractivity contribution in [1.82, 2.24) is 0 Å². The van der Waals surface area contributed by atoms with E-state index in [1.807, 2.05) is 18.2 Å². The molecule has 1 heterocycles. The molecule has 0 amide bonds. The summed E-state index contributed by atoms with van der Waals surface area (Å²) in [6, 6.07) is 12.4. The van der Waals surface area contributed by atoms with E-state index in [9.17, 15) is 0 Å². The summed E-state index contributed by atoms with van der Waals surface area (Å²) < 4.78 is 1.06. The molecule has 0 fully saturated rings. The Morgan fingerprint density at radius 3 is 2.21 bits per heavy atom. The van der Waals surface area contributed by atoms with Crippen LogP contribution in [0.1, 0.15) is 0 Å². The second-order valence-electron chi connectivity index (χ2n) is 2.54. The van der Waals surface area contributed by atoms with Gasteiger partial charge in [-0.25, -0.2) is 0 Å². The van der Waals surface area contributed by atoms with Gasteiger partial charge in [-0.15, -0.1) is 24.0 Å². The van der Waals surface area contributed by atoms with Crippen molar-refractivity contribution >= 4 is 24.0 Å². The molecule has 74 valence electrons. The van der Waals surface area contributed by atoms with Crippen LogP contribution >= 0.6 is 24.0 Å². The van der Waals surface area contributed by atoms with Gasteiger partial charge < -0.3 is 5.73 Å². The highest BCUT2D eigenvalue weighted by molar-refractivity contribution is 7.82. The zero-order valence-corrected chi connectivity index (χ0v) is 9.69. The Hall–Kier alpha value is -0.770. The molecule has 14 heavy (non-hydrogen) atoms. The highest BCUT2D eigenvalue weighted by Crippen LogP contribution is 2.26. The van der Waals surface area contributed by atoms with E-state index in [1.165, 1.54) is 18.2 Å². The largest absolute Gasteiger partial charge is 0.333 e. The number of thiophene rings is 1. The predicted octanol–water partition coefficient (Wildman–Crippen LogP) is 3.28. The Morgan fingerprint density at radius 1 is 1.07 bits per heavy atom. The van der Waals surface area contributed by atoms with Crippen LogP contribution in [0.5, 0.6) is 0 Å². The van der Waals surface area contributed by atoms with Gasteiger partial charge in [-0.2, -0.15) is 0 Å². The lowest BCUT2D eigenvalue weighted by atomic mass is 10.1. The molecule has 0 radical (unpaired) electrons. The first-order valence-electron chi connectivity index (χ1n) is 4.27. The van der Waals surface area contributed by atoms with Crippen LogP contribution in [0.2, 0.25) is 0 Å². The van der Waals surface area contributed by atoms with E-state index in [2.05, 4.69) is 41.9 Å². The molecule has 0 spiro atoms. The van der Waals surface area contributed by atoms with Gasteiger partial charge in [-0.05, 0) is 29.6 Å². The number of rotatable bonds is 1. The van der Waals surface area contributed by atoms with Gasteiger partial charge in [-0.3, -0.25) is 0 Å². The molecule has 1 aromatic carbocycles. The summed E-state index contributed by atoms with van der Waals surface area (Å²) in [4.78, 5) is 0. The van der Waals surface area contributed by atoms with Crippen LogP contribution in [0, 0.1) is 0 Å². The minimum atomic E-state index is 1.06. The fourth-order valence-corrected chi connectivity index (χ4v) is 2.05. The number of hydrogen-bond donors (Lipinski definition) is 2. The summed E-state index contributed by atoms with van der Waals surface area (Å²) in [6.07, 6.45) is 0. The zero-order chi connectivity index (χ0) is 10.4. The highest BCUT2D eigenvalue weighted by atomic mass is 32.2. The lowest BCUT2D eigenvalue weighted by Gasteiger charge is -1.93. The van der Waals surface area contributed by atoms with E-state index in [-0.39, 0.29) is 0 Å². The number of hydrogen-bond acceptors (Lipinski definition) is 3. The summed E-state index contributed by atoms with van der Waals surface area (Å²) >= 11 is 5.94. The van der Waals surface area contributed by atoms with Gasteiger partial charge in [0.25, 0.3) is 0 Å². The van der Waals surface area contributed by atoms with Crippen LogP contribution < -0.4 is 5.73 Å². The molecule has 0 aliphatic rings. The van der Waals surface area contributed by atoms with Crippen LogP contribution in [0.4, 0.5) is 0 Å². The summed E-state index contributed by atoms with van der Waals surface area (Å²) in [5.74, 6) is 0. The minimum Gasteiger partial charge on any atom is -0.333 e. The monoisotopic (exact) mass is 223 g/mol. The maximum atomic E-state index is 4.50. The Bertz CT molecular complexity index is 368. The van der Waals surface area contributed by atoms with E-state index >= 15 is 0 Å². The molecule has 1 aromatic heterocycles. The van der Waals surface area contributed by atoms with E-state index in [1.54, 1.807) is 11.3 Å². The van der Waals surface area contributed by atoms with E-state index in [0.717, 1.165) is 4.21 Å². The van der Waals surface area contributed by atoms with E-state index < -0.39 is 0 Å². The molecule has 3 heteroatoms. The predicted molar refractivity (Wildman–Crippen MR) is 67.1 cm³/mol. The summed E-state index contributed by atoms with van der Waals surface area (Å²) in [5, 5.41) is 2.12. The van der Waals surface area contributed by atoms with Gasteiger partial charge in [-0.1, -0.05) is 30.3 Å². The smallest absolute Gasteiger partial charge is 0.0574 e. The molecular formula is C11H13NS2. The van der Waals surface area contributed by atoms with Crippen LogP contribution in [-0.4, -0.2) is 7.05 Å². The van der Waals surface area contributed by atoms with Gasteiger partial charge >= 0.3 is 0 Å². The first-order valence-corrected chi connectivity index (χ1v) is 5.59. The molecule has 0 bridgehead atoms.